The van der Waals surface area contributed by atoms with Crippen LogP contribution < -0.4 is 15.8 Å². The van der Waals surface area contributed by atoms with E-state index >= 15 is 0 Å². The van der Waals surface area contributed by atoms with Gasteiger partial charge in [-0.1, -0.05) is 0 Å². The SMILES string of the molecule is C[C@H](CCc1c[nH]c2ccc(F)cc12)N[C@H]1COc2c(F)ccc(C(N)=O)c2C1. The molecule has 2 heterocycles. The highest BCUT2D eigenvalue weighted by atomic mass is 19.1. The molecule has 0 aliphatic carbocycles. The van der Waals surface area contributed by atoms with Crippen molar-refractivity contribution in [3.05, 3.63) is 64.9 Å². The van der Waals surface area contributed by atoms with Crippen molar-refractivity contribution in [3.8, 4) is 5.75 Å². The Balaban J connectivity index is 1.41. The number of hydrogen-bond donors (Lipinski definition) is 3. The Bertz CT molecular complexity index is 1060. The topological polar surface area (TPSA) is 80.1 Å². The van der Waals surface area contributed by atoms with E-state index in [1.807, 2.05) is 6.20 Å². The number of halogens is 2. The van der Waals surface area contributed by atoms with Gasteiger partial charge >= 0.3 is 0 Å². The standard InChI is InChI=1S/C22H23F2N3O2/c1-12(2-3-13-10-26-20-7-4-14(23)8-17(13)20)27-15-9-18-16(22(25)28)5-6-19(24)21(18)29-11-15/h4-8,10,12,15,26-27H,2-3,9,11H2,1H3,(H2,25,28)/t12-,15-/m1/s1. The molecule has 0 fully saturated rings. The van der Waals surface area contributed by atoms with E-state index in [0.717, 1.165) is 29.3 Å². The fourth-order valence-electron chi connectivity index (χ4n) is 4.00. The minimum atomic E-state index is -0.592. The second-order valence-corrected chi connectivity index (χ2v) is 7.59. The zero-order chi connectivity index (χ0) is 20.5. The molecule has 1 aliphatic rings. The van der Waals surface area contributed by atoms with E-state index in [1.54, 1.807) is 12.1 Å². The van der Waals surface area contributed by atoms with Gasteiger partial charge in [0.15, 0.2) is 11.6 Å². The van der Waals surface area contributed by atoms with Crippen molar-refractivity contribution >= 4 is 16.8 Å². The summed E-state index contributed by atoms with van der Waals surface area (Å²) in [5.41, 5.74) is 8.22. The number of H-pyrrole nitrogens is 1. The van der Waals surface area contributed by atoms with Crippen LogP contribution in [-0.4, -0.2) is 29.6 Å². The largest absolute Gasteiger partial charge is 0.489 e. The van der Waals surface area contributed by atoms with Crippen molar-refractivity contribution in [2.45, 2.75) is 38.3 Å². The number of benzene rings is 2. The normalized spacial score (nSPS) is 17.0. The first-order chi connectivity index (χ1) is 13.9. The summed E-state index contributed by atoms with van der Waals surface area (Å²) >= 11 is 0. The van der Waals surface area contributed by atoms with Gasteiger partial charge in [0.05, 0.1) is 0 Å². The van der Waals surface area contributed by atoms with Crippen molar-refractivity contribution in [3.63, 3.8) is 0 Å². The van der Waals surface area contributed by atoms with E-state index in [0.29, 0.717) is 24.2 Å². The van der Waals surface area contributed by atoms with Crippen LogP contribution in [0.15, 0.2) is 36.5 Å². The van der Waals surface area contributed by atoms with E-state index in [-0.39, 0.29) is 23.7 Å². The smallest absolute Gasteiger partial charge is 0.249 e. The van der Waals surface area contributed by atoms with Gasteiger partial charge in [0.2, 0.25) is 5.91 Å². The first-order valence-electron chi connectivity index (χ1n) is 9.68. The number of amides is 1. The number of carbonyl (C=O) groups is 1. The summed E-state index contributed by atoms with van der Waals surface area (Å²) in [6.45, 7) is 2.38. The van der Waals surface area contributed by atoms with Gasteiger partial charge in [-0.15, -0.1) is 0 Å². The van der Waals surface area contributed by atoms with Crippen molar-refractivity contribution in [1.29, 1.82) is 0 Å². The molecule has 0 saturated heterocycles. The average molecular weight is 399 g/mol. The molecule has 0 unspecified atom stereocenters. The maximum atomic E-state index is 14.0. The van der Waals surface area contributed by atoms with Crippen molar-refractivity contribution in [2.75, 3.05) is 6.61 Å². The zero-order valence-electron chi connectivity index (χ0n) is 16.1. The number of nitrogens with two attached hydrogens (primary N) is 1. The molecule has 3 aromatic rings. The number of fused-ring (bicyclic) bond motifs is 2. The summed E-state index contributed by atoms with van der Waals surface area (Å²) in [7, 11) is 0. The molecular weight excluding hydrogens is 376 g/mol. The van der Waals surface area contributed by atoms with Crippen molar-refractivity contribution < 1.29 is 18.3 Å². The van der Waals surface area contributed by atoms with Gasteiger partial charge in [-0.2, -0.15) is 0 Å². The molecule has 152 valence electrons. The van der Waals surface area contributed by atoms with Gasteiger partial charge in [-0.25, -0.2) is 8.78 Å². The molecule has 0 saturated carbocycles. The summed E-state index contributed by atoms with van der Waals surface area (Å²) in [6, 6.07) is 7.43. The number of aryl methyl sites for hydroxylation is 1. The molecule has 7 heteroatoms. The van der Waals surface area contributed by atoms with Crippen molar-refractivity contribution in [1.82, 2.24) is 10.3 Å². The van der Waals surface area contributed by atoms with Crippen LogP contribution in [0.2, 0.25) is 0 Å². The number of aromatic amines is 1. The van der Waals surface area contributed by atoms with Gasteiger partial charge in [0.25, 0.3) is 0 Å². The van der Waals surface area contributed by atoms with Crippen LogP contribution in [0.25, 0.3) is 10.9 Å². The molecular formula is C22H23F2N3O2. The summed E-state index contributed by atoms with van der Waals surface area (Å²) in [5.74, 6) is -1.21. The molecule has 4 N–H and O–H groups in total. The van der Waals surface area contributed by atoms with Gasteiger partial charge < -0.3 is 20.8 Å². The highest BCUT2D eigenvalue weighted by molar-refractivity contribution is 5.95. The monoisotopic (exact) mass is 399 g/mol. The first kappa shape index (κ1) is 19.4. The van der Waals surface area contributed by atoms with E-state index < -0.39 is 11.7 Å². The second-order valence-electron chi connectivity index (χ2n) is 7.59. The number of carbonyl (C=O) groups excluding carboxylic acids is 1. The lowest BCUT2D eigenvalue weighted by Crippen LogP contribution is -2.44. The molecule has 2 atom stereocenters. The Hall–Kier alpha value is -2.93. The Morgan fingerprint density at radius 2 is 2.17 bits per heavy atom. The van der Waals surface area contributed by atoms with Crippen molar-refractivity contribution in [2.24, 2.45) is 5.73 Å². The minimum absolute atomic E-state index is 0.0576. The number of nitrogens with one attached hydrogen (secondary N) is 2. The minimum Gasteiger partial charge on any atom is -0.489 e. The van der Waals surface area contributed by atoms with Gasteiger partial charge in [-0.05, 0) is 62.1 Å². The number of rotatable bonds is 6. The molecule has 0 bridgehead atoms. The van der Waals surface area contributed by atoms with Crippen LogP contribution in [0.4, 0.5) is 8.78 Å². The molecule has 1 amide bonds. The van der Waals surface area contributed by atoms with Crippen LogP contribution in [0.5, 0.6) is 5.75 Å². The van der Waals surface area contributed by atoms with Crippen LogP contribution in [0, 0.1) is 11.6 Å². The fourth-order valence-corrected chi connectivity index (χ4v) is 4.00. The average Bonchev–Trinajstić information content (AvgIpc) is 3.08. The lowest BCUT2D eigenvalue weighted by atomic mass is 9.95. The number of hydrogen-bond acceptors (Lipinski definition) is 3. The fraction of sp³-hybridized carbons (Fsp3) is 0.318. The maximum absolute atomic E-state index is 14.0. The van der Waals surface area contributed by atoms with Gasteiger partial charge in [-0.3, -0.25) is 4.79 Å². The molecule has 1 aliphatic heterocycles. The summed E-state index contributed by atoms with van der Waals surface area (Å²) in [6.07, 6.45) is 3.99. The number of primary amides is 1. The highest BCUT2D eigenvalue weighted by Crippen LogP contribution is 2.31. The molecule has 5 nitrogen and oxygen atoms in total. The van der Waals surface area contributed by atoms with Crippen LogP contribution in [0.1, 0.15) is 34.8 Å². The molecule has 0 spiro atoms. The molecule has 2 aromatic carbocycles. The van der Waals surface area contributed by atoms with Crippen LogP contribution >= 0.6 is 0 Å². The Labute approximate surface area is 167 Å². The van der Waals surface area contributed by atoms with Crippen LogP contribution in [0.3, 0.4) is 0 Å². The predicted octanol–water partition coefficient (Wildman–Crippen LogP) is 3.46. The third kappa shape index (κ3) is 3.96. The Morgan fingerprint density at radius 3 is 2.97 bits per heavy atom. The first-order valence-corrected chi connectivity index (χ1v) is 9.68. The Morgan fingerprint density at radius 1 is 1.34 bits per heavy atom. The highest BCUT2D eigenvalue weighted by Gasteiger charge is 2.27. The summed E-state index contributed by atoms with van der Waals surface area (Å²) in [4.78, 5) is 14.8. The van der Waals surface area contributed by atoms with E-state index in [9.17, 15) is 13.6 Å². The zero-order valence-corrected chi connectivity index (χ0v) is 16.1. The molecule has 29 heavy (non-hydrogen) atoms. The molecule has 1 aromatic heterocycles. The predicted molar refractivity (Wildman–Crippen MR) is 107 cm³/mol. The second kappa shape index (κ2) is 7.83. The van der Waals surface area contributed by atoms with Gasteiger partial charge in [0.1, 0.15) is 12.4 Å². The summed E-state index contributed by atoms with van der Waals surface area (Å²) < 4.78 is 33.1. The molecule has 0 radical (unpaired) electrons. The number of ether oxygens (including phenoxy) is 1. The lowest BCUT2D eigenvalue weighted by molar-refractivity contribution is 0.0997. The van der Waals surface area contributed by atoms with E-state index in [2.05, 4.69) is 17.2 Å². The maximum Gasteiger partial charge on any atom is 0.249 e. The van der Waals surface area contributed by atoms with E-state index in [4.69, 9.17) is 10.5 Å². The lowest BCUT2D eigenvalue weighted by Gasteiger charge is -2.30. The molecule has 4 rings (SSSR count). The third-order valence-corrected chi connectivity index (χ3v) is 5.45. The van der Waals surface area contributed by atoms with Gasteiger partial charge in [0, 0.05) is 40.3 Å². The quantitative estimate of drug-likeness (QED) is 0.594. The number of aromatic nitrogens is 1. The Kier molecular flexibility index (Phi) is 5.24. The summed E-state index contributed by atoms with van der Waals surface area (Å²) in [5, 5.41) is 4.38. The van der Waals surface area contributed by atoms with Crippen LogP contribution in [-0.2, 0) is 12.8 Å². The van der Waals surface area contributed by atoms with E-state index in [1.165, 1.54) is 18.2 Å². The third-order valence-electron chi connectivity index (χ3n) is 5.45.